The Labute approximate surface area is 149 Å². The first-order chi connectivity index (χ1) is 11.4. The zero-order chi connectivity index (χ0) is 17.2. The van der Waals surface area contributed by atoms with Crippen LogP contribution < -0.4 is 0 Å². The van der Waals surface area contributed by atoms with Crippen LogP contribution in [0.25, 0.3) is 0 Å². The first-order valence-corrected chi connectivity index (χ1v) is 11.2. The first-order valence-electron chi connectivity index (χ1n) is 7.50. The lowest BCUT2D eigenvalue weighted by atomic mass is 10.2. The first kappa shape index (κ1) is 17.5. The summed E-state index contributed by atoms with van der Waals surface area (Å²) in [5, 5.41) is 1.94. The van der Waals surface area contributed by atoms with Crippen molar-refractivity contribution in [2.24, 2.45) is 0 Å². The molecule has 24 heavy (non-hydrogen) atoms. The van der Waals surface area contributed by atoms with E-state index in [1.807, 2.05) is 12.3 Å². The molecule has 2 aromatic heterocycles. The fraction of sp³-hybridized carbons (Fsp3) is 0.467. The number of carbonyl (C=O) groups is 1. The number of thiazole rings is 1. The van der Waals surface area contributed by atoms with E-state index in [1.165, 1.54) is 23.1 Å². The van der Waals surface area contributed by atoms with E-state index >= 15 is 0 Å². The van der Waals surface area contributed by atoms with E-state index in [-0.39, 0.29) is 29.2 Å². The van der Waals surface area contributed by atoms with Gasteiger partial charge in [0.2, 0.25) is 5.91 Å². The highest BCUT2D eigenvalue weighted by atomic mass is 32.2. The molecule has 0 spiro atoms. The quantitative estimate of drug-likeness (QED) is 0.709. The van der Waals surface area contributed by atoms with Gasteiger partial charge in [-0.3, -0.25) is 4.79 Å². The maximum Gasteiger partial charge on any atom is 0.233 e. The van der Waals surface area contributed by atoms with Gasteiger partial charge < -0.3 is 9.32 Å². The second-order valence-corrected chi connectivity index (χ2v) is 10.0. The minimum absolute atomic E-state index is 0.0282. The summed E-state index contributed by atoms with van der Waals surface area (Å²) in [4.78, 5) is 18.7. The molecule has 0 saturated carbocycles. The molecule has 0 unspecified atom stereocenters. The predicted molar refractivity (Wildman–Crippen MR) is 93.9 cm³/mol. The largest absolute Gasteiger partial charge is 0.467 e. The van der Waals surface area contributed by atoms with E-state index in [4.69, 9.17) is 4.42 Å². The Bertz CT molecular complexity index is 799. The molecular formula is C15H18N2O4S3. The zero-order valence-electron chi connectivity index (χ0n) is 13.2. The van der Waals surface area contributed by atoms with Crippen LogP contribution in [-0.2, 0) is 21.2 Å². The number of rotatable bonds is 6. The van der Waals surface area contributed by atoms with E-state index in [1.54, 1.807) is 23.3 Å². The van der Waals surface area contributed by atoms with Crippen molar-refractivity contribution in [2.75, 3.05) is 17.3 Å². The number of aromatic nitrogens is 1. The second kappa shape index (κ2) is 7.28. The molecular weight excluding hydrogens is 368 g/mol. The third-order valence-electron chi connectivity index (χ3n) is 3.79. The van der Waals surface area contributed by atoms with Gasteiger partial charge in [-0.1, -0.05) is 11.8 Å². The van der Waals surface area contributed by atoms with E-state index in [0.717, 1.165) is 10.0 Å². The Kier molecular flexibility index (Phi) is 5.31. The molecule has 0 bridgehead atoms. The Balaban J connectivity index is 1.69. The highest BCUT2D eigenvalue weighted by Crippen LogP contribution is 2.25. The SMILES string of the molecule is Cc1csc(SCC(=O)N(Cc2ccco2)[C@H]2CCS(=O)(=O)C2)n1. The lowest BCUT2D eigenvalue weighted by molar-refractivity contribution is -0.131. The van der Waals surface area contributed by atoms with Crippen molar-refractivity contribution >= 4 is 38.8 Å². The molecule has 0 aliphatic carbocycles. The maximum absolute atomic E-state index is 12.7. The fourth-order valence-corrected chi connectivity index (χ4v) is 6.08. The molecule has 130 valence electrons. The van der Waals surface area contributed by atoms with Gasteiger partial charge in [0, 0.05) is 17.1 Å². The summed E-state index contributed by atoms with van der Waals surface area (Å²) in [5.41, 5.74) is 0.935. The van der Waals surface area contributed by atoms with E-state index < -0.39 is 9.84 Å². The predicted octanol–water partition coefficient (Wildman–Crippen LogP) is 2.35. The molecule has 1 aliphatic heterocycles. The number of thioether (sulfide) groups is 1. The monoisotopic (exact) mass is 386 g/mol. The average molecular weight is 387 g/mol. The molecule has 2 aromatic rings. The van der Waals surface area contributed by atoms with Crippen molar-refractivity contribution < 1.29 is 17.6 Å². The molecule has 9 heteroatoms. The summed E-state index contributed by atoms with van der Waals surface area (Å²) < 4.78 is 29.7. The molecule has 3 rings (SSSR count). The van der Waals surface area contributed by atoms with E-state index in [9.17, 15) is 13.2 Å². The van der Waals surface area contributed by atoms with Crippen molar-refractivity contribution in [1.82, 2.24) is 9.88 Å². The minimum Gasteiger partial charge on any atom is -0.467 e. The number of nitrogens with zero attached hydrogens (tertiary/aromatic N) is 2. The highest BCUT2D eigenvalue weighted by molar-refractivity contribution is 8.01. The Morgan fingerprint density at radius 3 is 2.96 bits per heavy atom. The third-order valence-corrected chi connectivity index (χ3v) is 7.67. The number of hydrogen-bond donors (Lipinski definition) is 0. The van der Waals surface area contributed by atoms with Gasteiger partial charge in [0.1, 0.15) is 5.76 Å². The minimum atomic E-state index is -3.06. The summed E-state index contributed by atoms with van der Waals surface area (Å²) in [6.07, 6.45) is 2.03. The van der Waals surface area contributed by atoms with Crippen LogP contribution >= 0.6 is 23.1 Å². The van der Waals surface area contributed by atoms with Crippen molar-refractivity contribution in [3.63, 3.8) is 0 Å². The Hall–Kier alpha value is -1.32. The number of furan rings is 1. The van der Waals surface area contributed by atoms with Gasteiger partial charge >= 0.3 is 0 Å². The van der Waals surface area contributed by atoms with Crippen LogP contribution in [-0.4, -0.2) is 47.5 Å². The van der Waals surface area contributed by atoms with Crippen LogP contribution in [0.1, 0.15) is 17.9 Å². The van der Waals surface area contributed by atoms with Crippen LogP contribution in [0.3, 0.4) is 0 Å². The van der Waals surface area contributed by atoms with Crippen molar-refractivity contribution in [2.45, 2.75) is 30.3 Å². The zero-order valence-corrected chi connectivity index (χ0v) is 15.6. The summed E-state index contributed by atoms with van der Waals surface area (Å²) in [5.74, 6) is 0.970. The van der Waals surface area contributed by atoms with Crippen molar-refractivity contribution in [1.29, 1.82) is 0 Å². The van der Waals surface area contributed by atoms with E-state index in [2.05, 4.69) is 4.98 Å². The Morgan fingerprint density at radius 1 is 1.54 bits per heavy atom. The molecule has 0 aromatic carbocycles. The highest BCUT2D eigenvalue weighted by Gasteiger charge is 2.35. The molecule has 1 atom stereocenters. The number of hydrogen-bond acceptors (Lipinski definition) is 7. The molecule has 0 N–H and O–H groups in total. The summed E-state index contributed by atoms with van der Waals surface area (Å²) in [7, 11) is -3.06. The van der Waals surface area contributed by atoms with Crippen LogP contribution in [0.4, 0.5) is 0 Å². The maximum atomic E-state index is 12.7. The average Bonchev–Trinajstić information content (AvgIpc) is 3.24. The molecule has 3 heterocycles. The van der Waals surface area contributed by atoms with Crippen LogP contribution in [0.5, 0.6) is 0 Å². The van der Waals surface area contributed by atoms with Crippen LogP contribution in [0.15, 0.2) is 32.5 Å². The molecule has 1 fully saturated rings. The number of sulfone groups is 1. The normalized spacial score (nSPS) is 19.5. The van der Waals surface area contributed by atoms with Crippen LogP contribution in [0.2, 0.25) is 0 Å². The fourth-order valence-electron chi connectivity index (χ4n) is 2.62. The summed E-state index contributed by atoms with van der Waals surface area (Å²) in [6.45, 7) is 2.21. The third kappa shape index (κ3) is 4.40. The number of aryl methyl sites for hydroxylation is 1. The summed E-state index contributed by atoms with van der Waals surface area (Å²) in [6, 6.07) is 3.27. The Morgan fingerprint density at radius 2 is 2.38 bits per heavy atom. The van der Waals surface area contributed by atoms with Gasteiger partial charge in [0.15, 0.2) is 14.2 Å². The van der Waals surface area contributed by atoms with Gasteiger partial charge in [0.25, 0.3) is 0 Å². The smallest absolute Gasteiger partial charge is 0.233 e. The second-order valence-electron chi connectivity index (χ2n) is 5.70. The molecule has 1 saturated heterocycles. The van der Waals surface area contributed by atoms with Gasteiger partial charge in [-0.25, -0.2) is 13.4 Å². The number of carbonyl (C=O) groups excluding carboxylic acids is 1. The van der Waals surface area contributed by atoms with Crippen molar-refractivity contribution in [3.8, 4) is 0 Å². The van der Waals surface area contributed by atoms with Crippen LogP contribution in [0, 0.1) is 6.92 Å². The van der Waals surface area contributed by atoms with Gasteiger partial charge in [0.05, 0.1) is 30.1 Å². The summed E-state index contributed by atoms with van der Waals surface area (Å²) >= 11 is 2.89. The van der Waals surface area contributed by atoms with Gasteiger partial charge in [-0.2, -0.15) is 0 Å². The molecule has 0 radical (unpaired) electrons. The van der Waals surface area contributed by atoms with Gasteiger partial charge in [-0.05, 0) is 25.5 Å². The van der Waals surface area contributed by atoms with E-state index in [0.29, 0.717) is 18.7 Å². The lowest BCUT2D eigenvalue weighted by Gasteiger charge is -2.27. The topological polar surface area (TPSA) is 80.5 Å². The van der Waals surface area contributed by atoms with Crippen molar-refractivity contribution in [3.05, 3.63) is 35.2 Å². The van der Waals surface area contributed by atoms with Gasteiger partial charge in [-0.15, -0.1) is 11.3 Å². The lowest BCUT2D eigenvalue weighted by Crippen LogP contribution is -2.41. The molecule has 6 nitrogen and oxygen atoms in total. The number of amides is 1. The molecule has 1 aliphatic rings. The standard InChI is InChI=1S/C15H18N2O4S3/c1-11-8-22-15(16-11)23-9-14(18)17(7-13-3-2-5-21-13)12-4-6-24(19,20)10-12/h2-3,5,8,12H,4,6-7,9-10H2,1H3/t12-/m0/s1. The molecule has 1 amide bonds.